The van der Waals surface area contributed by atoms with E-state index in [1.54, 1.807) is 0 Å². The van der Waals surface area contributed by atoms with E-state index in [2.05, 4.69) is 167 Å². The second-order valence-corrected chi connectivity index (χ2v) is 12.0. The molecule has 3 heterocycles. The van der Waals surface area contributed by atoms with Crippen molar-refractivity contribution in [1.82, 2.24) is 14.5 Å². The number of H-pyrrole nitrogens is 1. The number of hydrogen-bond donors (Lipinski definition) is 1. The summed E-state index contributed by atoms with van der Waals surface area (Å²) in [6, 6.07) is 52.5. The fourth-order valence-corrected chi connectivity index (χ4v) is 7.29. The van der Waals surface area contributed by atoms with Crippen LogP contribution in [0.15, 0.2) is 164 Å². The van der Waals surface area contributed by atoms with E-state index in [0.717, 1.165) is 16.9 Å². The number of nitrogens with zero attached hydrogens (tertiary/aromatic N) is 2. The summed E-state index contributed by atoms with van der Waals surface area (Å²) >= 11 is 0. The first-order chi connectivity index (χ1) is 23.3. The molecule has 9 rings (SSSR count). The molecule has 0 atom stereocenters. The lowest BCUT2D eigenvalue weighted by Gasteiger charge is -2.17. The van der Waals surface area contributed by atoms with Crippen molar-refractivity contribution in [3.05, 3.63) is 175 Å². The average molecular weight is 602 g/mol. The largest absolute Gasteiger partial charge is 0.354 e. The number of aromatic nitrogens is 3. The summed E-state index contributed by atoms with van der Waals surface area (Å²) in [5.41, 5.74) is 12.9. The Morgan fingerprint density at radius 2 is 1.38 bits per heavy atom. The lowest BCUT2D eigenvalue weighted by Crippen LogP contribution is -2.00. The molecule has 47 heavy (non-hydrogen) atoms. The molecule has 0 aliphatic rings. The molecule has 0 aliphatic carbocycles. The monoisotopic (exact) mass is 601 g/mol. The van der Waals surface area contributed by atoms with E-state index in [4.69, 9.17) is 0 Å². The predicted octanol–water partition coefficient (Wildman–Crippen LogP) is 11.6. The van der Waals surface area contributed by atoms with E-state index in [-0.39, 0.29) is 0 Å². The van der Waals surface area contributed by atoms with Gasteiger partial charge in [-0.2, -0.15) is 0 Å². The van der Waals surface area contributed by atoms with Crippen LogP contribution in [-0.4, -0.2) is 14.5 Å². The number of allylic oxidation sites excluding steroid dienone is 1. The van der Waals surface area contributed by atoms with Crippen LogP contribution < -0.4 is 0 Å². The fourth-order valence-electron chi connectivity index (χ4n) is 7.29. The van der Waals surface area contributed by atoms with Gasteiger partial charge in [0, 0.05) is 38.8 Å². The number of nitrogens with one attached hydrogen (secondary N) is 1. The summed E-state index contributed by atoms with van der Waals surface area (Å²) in [5, 5.41) is 6.20. The maximum Gasteiger partial charge on any atom is 0.0645 e. The SMILES string of the molecule is C/C=C(/c1ccc(-c2cc3c4ccccc4[nH]c3c3ccccc23)cc1)c1ccccc1-c1cc2ccccc2n1-c1cccnc1. The van der Waals surface area contributed by atoms with E-state index in [0.29, 0.717) is 0 Å². The number of aromatic amines is 1. The lowest BCUT2D eigenvalue weighted by atomic mass is 9.90. The molecular weight excluding hydrogens is 571 g/mol. The predicted molar refractivity (Wildman–Crippen MR) is 198 cm³/mol. The van der Waals surface area contributed by atoms with Crippen molar-refractivity contribution < 1.29 is 0 Å². The Morgan fingerprint density at radius 1 is 0.638 bits per heavy atom. The molecule has 222 valence electrons. The molecule has 0 amide bonds. The molecule has 0 spiro atoms. The quantitative estimate of drug-likeness (QED) is 0.209. The van der Waals surface area contributed by atoms with E-state index in [1.165, 1.54) is 71.4 Å². The van der Waals surface area contributed by atoms with Crippen LogP contribution in [0, 0.1) is 0 Å². The molecule has 3 heteroatoms. The summed E-state index contributed by atoms with van der Waals surface area (Å²) < 4.78 is 2.32. The normalized spacial score (nSPS) is 12.1. The molecule has 9 aromatic rings. The Morgan fingerprint density at radius 3 is 2.21 bits per heavy atom. The number of hydrogen-bond acceptors (Lipinski definition) is 1. The fraction of sp³-hybridized carbons (Fsp3) is 0.0227. The topological polar surface area (TPSA) is 33.6 Å². The van der Waals surface area contributed by atoms with Crippen molar-refractivity contribution in [3.8, 4) is 28.1 Å². The van der Waals surface area contributed by atoms with Gasteiger partial charge in [-0.1, -0.05) is 115 Å². The highest BCUT2D eigenvalue weighted by Gasteiger charge is 2.18. The van der Waals surface area contributed by atoms with Crippen LogP contribution >= 0.6 is 0 Å². The van der Waals surface area contributed by atoms with Crippen molar-refractivity contribution in [2.75, 3.05) is 0 Å². The van der Waals surface area contributed by atoms with Gasteiger partial charge < -0.3 is 9.55 Å². The van der Waals surface area contributed by atoms with Crippen molar-refractivity contribution in [2.45, 2.75) is 6.92 Å². The van der Waals surface area contributed by atoms with Gasteiger partial charge in [0.1, 0.15) is 0 Å². The number of para-hydroxylation sites is 2. The van der Waals surface area contributed by atoms with E-state index < -0.39 is 0 Å². The van der Waals surface area contributed by atoms with Crippen LogP contribution in [0.3, 0.4) is 0 Å². The summed E-state index contributed by atoms with van der Waals surface area (Å²) in [6.45, 7) is 2.13. The van der Waals surface area contributed by atoms with Gasteiger partial charge in [-0.05, 0) is 76.5 Å². The van der Waals surface area contributed by atoms with Crippen LogP contribution in [-0.2, 0) is 0 Å². The molecule has 6 aromatic carbocycles. The number of fused-ring (bicyclic) bond motifs is 6. The molecule has 3 nitrogen and oxygen atoms in total. The zero-order valence-corrected chi connectivity index (χ0v) is 26.0. The highest BCUT2D eigenvalue weighted by atomic mass is 15.0. The Hall–Kier alpha value is -6.19. The third-order valence-electron chi connectivity index (χ3n) is 9.43. The van der Waals surface area contributed by atoms with Gasteiger partial charge in [0.25, 0.3) is 0 Å². The molecule has 0 fully saturated rings. The molecule has 0 aliphatic heterocycles. The highest BCUT2D eigenvalue weighted by Crippen LogP contribution is 2.40. The summed E-state index contributed by atoms with van der Waals surface area (Å²) in [6.07, 6.45) is 6.00. The van der Waals surface area contributed by atoms with Gasteiger partial charge >= 0.3 is 0 Å². The smallest absolute Gasteiger partial charge is 0.0645 e. The molecule has 0 bridgehead atoms. The molecule has 1 N–H and O–H groups in total. The number of benzene rings is 6. The highest BCUT2D eigenvalue weighted by molar-refractivity contribution is 6.20. The van der Waals surface area contributed by atoms with Gasteiger partial charge in [0.05, 0.1) is 28.6 Å². The van der Waals surface area contributed by atoms with Crippen LogP contribution in [0.2, 0.25) is 0 Å². The lowest BCUT2D eigenvalue weighted by molar-refractivity contribution is 1.10. The zero-order valence-electron chi connectivity index (χ0n) is 26.0. The van der Waals surface area contributed by atoms with Crippen molar-refractivity contribution in [3.63, 3.8) is 0 Å². The van der Waals surface area contributed by atoms with Gasteiger partial charge in [-0.25, -0.2) is 0 Å². The van der Waals surface area contributed by atoms with Crippen molar-refractivity contribution in [1.29, 1.82) is 0 Å². The second kappa shape index (κ2) is 11.0. The maximum absolute atomic E-state index is 4.45. The van der Waals surface area contributed by atoms with Crippen molar-refractivity contribution in [2.24, 2.45) is 0 Å². The Balaban J connectivity index is 1.17. The molecule has 0 saturated carbocycles. The van der Waals surface area contributed by atoms with Gasteiger partial charge in [0.2, 0.25) is 0 Å². The van der Waals surface area contributed by atoms with E-state index in [1.807, 2.05) is 18.5 Å². The van der Waals surface area contributed by atoms with Crippen LogP contribution in [0.25, 0.3) is 77.1 Å². The van der Waals surface area contributed by atoms with E-state index in [9.17, 15) is 0 Å². The first kappa shape index (κ1) is 27.1. The number of pyridine rings is 1. The molecule has 0 radical (unpaired) electrons. The minimum atomic E-state index is 1.05. The summed E-state index contributed by atoms with van der Waals surface area (Å²) in [7, 11) is 0. The summed E-state index contributed by atoms with van der Waals surface area (Å²) in [5.74, 6) is 0. The number of rotatable bonds is 5. The van der Waals surface area contributed by atoms with Crippen molar-refractivity contribution >= 4 is 49.1 Å². The average Bonchev–Trinajstić information content (AvgIpc) is 3.72. The minimum Gasteiger partial charge on any atom is -0.354 e. The first-order valence-corrected chi connectivity index (χ1v) is 16.1. The van der Waals surface area contributed by atoms with Gasteiger partial charge in [-0.3, -0.25) is 4.98 Å². The zero-order chi connectivity index (χ0) is 31.3. The molecule has 0 saturated heterocycles. The Bertz CT molecular complexity index is 2620. The third kappa shape index (κ3) is 4.39. The molecule has 3 aromatic heterocycles. The van der Waals surface area contributed by atoms with Gasteiger partial charge in [-0.15, -0.1) is 0 Å². The molecule has 0 unspecified atom stereocenters. The second-order valence-electron chi connectivity index (χ2n) is 12.0. The van der Waals surface area contributed by atoms with Gasteiger partial charge in [0.15, 0.2) is 0 Å². The molecular formula is C44H31N3. The third-order valence-corrected chi connectivity index (χ3v) is 9.43. The summed E-state index contributed by atoms with van der Waals surface area (Å²) in [4.78, 5) is 8.13. The standard InChI is InChI=1S/C44H31N3/c1-2-33(34-14-4-6-17-37(34)43-26-31-12-3-10-20-42(31)47(43)32-13-11-25-45-28-32)29-21-23-30(24-22-29)39-27-40-36-16-8-9-19-41(36)46-44(40)38-18-7-5-15-35(38)39/h2-28,46H,1H3/b33-2-. The van der Waals surface area contributed by atoms with Crippen LogP contribution in [0.1, 0.15) is 18.1 Å². The van der Waals surface area contributed by atoms with E-state index >= 15 is 0 Å². The minimum absolute atomic E-state index is 1.05. The van der Waals surface area contributed by atoms with Crippen LogP contribution in [0.4, 0.5) is 0 Å². The maximum atomic E-state index is 4.45. The van der Waals surface area contributed by atoms with Crippen LogP contribution in [0.5, 0.6) is 0 Å². The Kier molecular flexibility index (Phi) is 6.36. The first-order valence-electron chi connectivity index (χ1n) is 16.1. The Labute approximate surface area is 273 Å².